The van der Waals surface area contributed by atoms with Gasteiger partial charge in [-0.1, -0.05) is 12.1 Å². The van der Waals surface area contributed by atoms with Gasteiger partial charge in [-0.05, 0) is 54.2 Å². The van der Waals surface area contributed by atoms with E-state index in [1.54, 1.807) is 53.2 Å². The van der Waals surface area contributed by atoms with Crippen molar-refractivity contribution in [2.45, 2.75) is 0 Å². The molecule has 0 spiro atoms. The molecule has 33 heavy (non-hydrogen) atoms. The maximum atomic E-state index is 14.2. The highest BCUT2D eigenvalue weighted by molar-refractivity contribution is 8.27. The molecule has 2 aliphatic heterocycles. The van der Waals surface area contributed by atoms with Crippen LogP contribution in [0.4, 0.5) is 10.1 Å². The molecule has 1 aromatic heterocycles. The normalized spacial score (nSPS) is 16.6. The summed E-state index contributed by atoms with van der Waals surface area (Å²) >= 11 is 1.02. The van der Waals surface area contributed by atoms with E-state index in [-0.39, 0.29) is 27.8 Å². The zero-order chi connectivity index (χ0) is 23.1. The van der Waals surface area contributed by atoms with Gasteiger partial charge in [0.05, 0.1) is 10.5 Å². The molecule has 1 amide bonds. The minimum atomic E-state index is -0.611. The first kappa shape index (κ1) is 20.5. The number of benzene rings is 2. The van der Waals surface area contributed by atoms with Crippen LogP contribution in [0, 0.1) is 21.3 Å². The van der Waals surface area contributed by atoms with Crippen molar-refractivity contribution in [2.24, 2.45) is 10.1 Å². The Morgan fingerprint density at radius 2 is 1.85 bits per heavy atom. The lowest BCUT2D eigenvalue weighted by molar-refractivity contribution is -0.384. The van der Waals surface area contributed by atoms with Crippen molar-refractivity contribution >= 4 is 45.5 Å². The van der Waals surface area contributed by atoms with Crippen LogP contribution < -0.4 is 0 Å². The third kappa shape index (κ3) is 3.64. The third-order valence-corrected chi connectivity index (χ3v) is 5.91. The monoisotopic (exact) mass is 460 g/mol. The number of nitrogens with one attached hydrogen (secondary N) is 1. The Bertz CT molecular complexity index is 1420. The number of hydrogen-bond acceptors (Lipinski definition) is 6. The number of non-ortho nitro benzene ring substituents is 1. The number of fused-ring (bicyclic) bond motifs is 1. The van der Waals surface area contributed by atoms with Crippen LogP contribution in [0.25, 0.3) is 11.8 Å². The molecule has 3 aromatic rings. The highest BCUT2D eigenvalue weighted by Crippen LogP contribution is 2.32. The van der Waals surface area contributed by atoms with Crippen molar-refractivity contribution in [3.63, 3.8) is 0 Å². The van der Waals surface area contributed by atoms with Gasteiger partial charge in [-0.15, -0.1) is 0 Å². The standard InChI is InChI=1S/C22H13FN6O3S/c23-18-6-2-1-5-16(18)21-26-28-19(24)17(20(30)25-22(28)33-21)12-15-4-3-11-27(15)13-7-9-14(10-8-13)29(31)32/h1-12,24H/b17-12-,24-19?. The molecule has 2 aromatic carbocycles. The largest absolute Gasteiger partial charge is 0.317 e. The number of carbonyl (C=O) groups is 1. The Kier molecular flexibility index (Phi) is 4.94. The molecule has 0 saturated carbocycles. The lowest BCUT2D eigenvalue weighted by Crippen LogP contribution is -2.35. The van der Waals surface area contributed by atoms with Crippen LogP contribution in [0.15, 0.2) is 82.5 Å². The molecule has 11 heteroatoms. The molecule has 0 unspecified atom stereocenters. The molecule has 0 aliphatic carbocycles. The molecule has 162 valence electrons. The number of nitro groups is 1. The molecule has 2 aliphatic rings. The number of aliphatic imine (C=N–C) groups is 1. The first-order valence-electron chi connectivity index (χ1n) is 9.59. The van der Waals surface area contributed by atoms with Crippen molar-refractivity contribution in [2.75, 3.05) is 0 Å². The summed E-state index contributed by atoms with van der Waals surface area (Å²) in [5, 5.41) is 25.4. The van der Waals surface area contributed by atoms with Crippen molar-refractivity contribution in [1.82, 2.24) is 9.58 Å². The zero-order valence-electron chi connectivity index (χ0n) is 16.7. The molecular weight excluding hydrogens is 447 g/mol. The Morgan fingerprint density at radius 1 is 1.09 bits per heavy atom. The van der Waals surface area contributed by atoms with Crippen LogP contribution in [0.3, 0.4) is 0 Å². The van der Waals surface area contributed by atoms with E-state index in [1.807, 2.05) is 0 Å². The Morgan fingerprint density at radius 3 is 2.58 bits per heavy atom. The number of amides is 1. The van der Waals surface area contributed by atoms with E-state index >= 15 is 0 Å². The van der Waals surface area contributed by atoms with E-state index in [4.69, 9.17) is 5.41 Å². The molecule has 5 rings (SSSR count). The van der Waals surface area contributed by atoms with Gasteiger partial charge in [0.25, 0.3) is 11.6 Å². The van der Waals surface area contributed by atoms with Crippen LogP contribution >= 0.6 is 11.8 Å². The van der Waals surface area contributed by atoms with Crippen LogP contribution in [0.1, 0.15) is 11.3 Å². The number of halogens is 1. The van der Waals surface area contributed by atoms with Gasteiger partial charge in [-0.3, -0.25) is 20.3 Å². The summed E-state index contributed by atoms with van der Waals surface area (Å²) in [6.07, 6.45) is 3.24. The van der Waals surface area contributed by atoms with Crippen LogP contribution in [-0.4, -0.2) is 36.5 Å². The molecular formula is C22H13FN6O3S. The predicted octanol–water partition coefficient (Wildman–Crippen LogP) is 4.19. The number of carbonyl (C=O) groups excluding carboxylic acids is 1. The number of nitro benzene ring substituents is 1. The topological polar surface area (TPSA) is 117 Å². The van der Waals surface area contributed by atoms with Gasteiger partial charge in [0.1, 0.15) is 10.9 Å². The summed E-state index contributed by atoms with van der Waals surface area (Å²) in [7, 11) is 0. The second kappa shape index (κ2) is 7.95. The first-order chi connectivity index (χ1) is 15.9. The maximum absolute atomic E-state index is 14.2. The highest BCUT2D eigenvalue weighted by atomic mass is 32.2. The number of rotatable bonds is 4. The summed E-state index contributed by atoms with van der Waals surface area (Å²) in [5.41, 5.74) is 1.46. The summed E-state index contributed by atoms with van der Waals surface area (Å²) in [4.78, 5) is 27.2. The first-order valence-corrected chi connectivity index (χ1v) is 10.4. The van der Waals surface area contributed by atoms with Gasteiger partial charge in [0, 0.05) is 35.3 Å². The average molecular weight is 460 g/mol. The molecule has 0 bridgehead atoms. The van der Waals surface area contributed by atoms with E-state index in [9.17, 15) is 19.3 Å². The maximum Gasteiger partial charge on any atom is 0.283 e. The number of aromatic nitrogens is 1. The molecule has 0 saturated heterocycles. The number of hydrazone groups is 1. The van der Waals surface area contributed by atoms with E-state index in [2.05, 4.69) is 10.1 Å². The van der Waals surface area contributed by atoms with Crippen molar-refractivity contribution in [3.05, 3.63) is 99.6 Å². The number of amidine groups is 2. The fraction of sp³-hybridized carbons (Fsp3) is 0. The summed E-state index contributed by atoms with van der Waals surface area (Å²) in [5.74, 6) is -1.25. The van der Waals surface area contributed by atoms with Crippen LogP contribution in [0.2, 0.25) is 0 Å². The smallest absolute Gasteiger partial charge is 0.283 e. The summed E-state index contributed by atoms with van der Waals surface area (Å²) in [6, 6.07) is 15.6. The number of nitrogens with zero attached hydrogens (tertiary/aromatic N) is 5. The van der Waals surface area contributed by atoms with Gasteiger partial charge in [0.2, 0.25) is 5.17 Å². The zero-order valence-corrected chi connectivity index (χ0v) is 17.5. The molecule has 9 nitrogen and oxygen atoms in total. The fourth-order valence-electron chi connectivity index (χ4n) is 3.37. The predicted molar refractivity (Wildman–Crippen MR) is 123 cm³/mol. The van der Waals surface area contributed by atoms with Crippen molar-refractivity contribution in [3.8, 4) is 5.69 Å². The number of hydrogen-bond donors (Lipinski definition) is 1. The molecule has 0 radical (unpaired) electrons. The average Bonchev–Trinajstić information content (AvgIpc) is 3.44. The van der Waals surface area contributed by atoms with Gasteiger partial charge in [0.15, 0.2) is 5.84 Å². The van der Waals surface area contributed by atoms with Gasteiger partial charge in [-0.2, -0.15) is 15.1 Å². The van der Waals surface area contributed by atoms with Gasteiger partial charge in [-0.25, -0.2) is 4.39 Å². The lowest BCUT2D eigenvalue weighted by Gasteiger charge is -2.20. The molecule has 0 fully saturated rings. The van der Waals surface area contributed by atoms with E-state index in [0.29, 0.717) is 16.4 Å². The molecule has 3 heterocycles. The summed E-state index contributed by atoms with van der Waals surface area (Å²) < 4.78 is 15.9. The van der Waals surface area contributed by atoms with E-state index < -0.39 is 16.6 Å². The summed E-state index contributed by atoms with van der Waals surface area (Å²) in [6.45, 7) is 0. The van der Waals surface area contributed by atoms with Crippen molar-refractivity contribution in [1.29, 1.82) is 5.41 Å². The van der Waals surface area contributed by atoms with Gasteiger partial charge >= 0.3 is 0 Å². The minimum Gasteiger partial charge on any atom is -0.317 e. The van der Waals surface area contributed by atoms with E-state index in [0.717, 1.165) is 11.8 Å². The van der Waals surface area contributed by atoms with Crippen molar-refractivity contribution < 1.29 is 14.1 Å². The second-order valence-electron chi connectivity index (χ2n) is 6.98. The van der Waals surface area contributed by atoms with Gasteiger partial charge < -0.3 is 4.57 Å². The molecule has 0 atom stereocenters. The quantitative estimate of drug-likeness (QED) is 0.356. The van der Waals surface area contributed by atoms with Crippen LogP contribution in [-0.2, 0) is 4.79 Å². The van der Waals surface area contributed by atoms with E-state index in [1.165, 1.54) is 29.3 Å². The Hall–Kier alpha value is -4.38. The SMILES string of the molecule is N=C1/C(=C/c2cccn2-c2ccc([N+](=O)[O-])cc2)C(=O)N=C2SC(c3ccccc3F)=NN12. The highest BCUT2D eigenvalue weighted by Gasteiger charge is 2.36. The Balaban J connectivity index is 1.49. The second-order valence-corrected chi connectivity index (χ2v) is 7.94. The minimum absolute atomic E-state index is 0.0137. The lowest BCUT2D eigenvalue weighted by atomic mass is 10.1. The van der Waals surface area contributed by atoms with Crippen LogP contribution in [0.5, 0.6) is 0 Å². The fourth-order valence-corrected chi connectivity index (χ4v) is 4.28. The Labute approximate surface area is 190 Å². The number of thioether (sulfide) groups is 1. The molecule has 1 N–H and O–H groups in total. The third-order valence-electron chi connectivity index (χ3n) is 4.97.